The van der Waals surface area contributed by atoms with Crippen molar-refractivity contribution in [3.05, 3.63) is 62.7 Å². The number of aromatic nitrogens is 2. The van der Waals surface area contributed by atoms with Gasteiger partial charge in [-0.2, -0.15) is 10.4 Å². The molecule has 3 rings (SSSR count). The van der Waals surface area contributed by atoms with Crippen LogP contribution in [0.2, 0.25) is 0 Å². The molecule has 0 spiro atoms. The van der Waals surface area contributed by atoms with Gasteiger partial charge in [0.2, 0.25) is 0 Å². The molecular formula is C18H16N4O3. The van der Waals surface area contributed by atoms with Crippen LogP contribution in [-0.4, -0.2) is 23.1 Å². The molecule has 25 heavy (non-hydrogen) atoms. The fraction of sp³-hybridized carbons (Fsp3) is 0.222. The number of carbonyl (C=O) groups is 1. The summed E-state index contributed by atoms with van der Waals surface area (Å²) in [5.74, 6) is -0.314. The molecule has 2 aromatic rings. The molecule has 1 aliphatic heterocycles. The van der Waals surface area contributed by atoms with E-state index in [0.29, 0.717) is 39.4 Å². The van der Waals surface area contributed by atoms with Gasteiger partial charge in [-0.25, -0.2) is 5.10 Å². The van der Waals surface area contributed by atoms with Crippen LogP contribution in [0.4, 0.5) is 5.69 Å². The molecule has 0 saturated carbocycles. The maximum Gasteiger partial charge on any atom is 0.270 e. The second-order valence-electron chi connectivity index (χ2n) is 5.75. The van der Waals surface area contributed by atoms with Crippen LogP contribution in [-0.2, 0) is 4.79 Å². The summed E-state index contributed by atoms with van der Waals surface area (Å²) in [5.41, 5.74) is 2.77. The van der Waals surface area contributed by atoms with Crippen LogP contribution in [0.3, 0.4) is 0 Å². The van der Waals surface area contributed by atoms with Gasteiger partial charge in [0.1, 0.15) is 5.75 Å². The number of ketones is 1. The molecule has 0 amide bonds. The third kappa shape index (κ3) is 2.68. The average Bonchev–Trinajstić information content (AvgIpc) is 2.59. The normalized spacial score (nSPS) is 15.8. The van der Waals surface area contributed by atoms with Crippen molar-refractivity contribution in [3.63, 3.8) is 0 Å². The molecule has 1 aliphatic rings. The van der Waals surface area contributed by atoms with Crippen molar-refractivity contribution in [1.29, 1.82) is 5.26 Å². The Kier molecular flexibility index (Phi) is 4.11. The minimum absolute atomic E-state index is 0.150. The fourth-order valence-corrected chi connectivity index (χ4v) is 3.22. The summed E-state index contributed by atoms with van der Waals surface area (Å²) in [6.07, 6.45) is 1.51. The first kappa shape index (κ1) is 16.5. The molecule has 2 heterocycles. The highest BCUT2D eigenvalue weighted by atomic mass is 16.5. The molecule has 1 aromatic carbocycles. The second kappa shape index (κ2) is 6.24. The molecule has 126 valence electrons. The number of aromatic amines is 1. The average molecular weight is 336 g/mol. The lowest BCUT2D eigenvalue weighted by atomic mass is 9.79. The Morgan fingerprint density at radius 1 is 1.40 bits per heavy atom. The number of nitrogens with zero attached hydrogens (tertiary/aromatic N) is 2. The number of allylic oxidation sites excluding steroid dienone is 2. The Morgan fingerprint density at radius 2 is 2.16 bits per heavy atom. The van der Waals surface area contributed by atoms with Crippen molar-refractivity contribution in [2.24, 2.45) is 0 Å². The highest BCUT2D eigenvalue weighted by molar-refractivity contribution is 5.98. The zero-order valence-corrected chi connectivity index (χ0v) is 14.0. The van der Waals surface area contributed by atoms with E-state index in [-0.39, 0.29) is 11.3 Å². The van der Waals surface area contributed by atoms with Gasteiger partial charge in [0.25, 0.3) is 5.56 Å². The van der Waals surface area contributed by atoms with E-state index in [1.54, 1.807) is 25.1 Å². The topological polar surface area (TPSA) is 108 Å². The molecule has 7 nitrogen and oxygen atoms in total. The molecule has 1 aromatic heterocycles. The predicted molar refractivity (Wildman–Crippen MR) is 91.4 cm³/mol. The Labute approximate surface area is 143 Å². The van der Waals surface area contributed by atoms with Gasteiger partial charge in [0.05, 0.1) is 42.1 Å². The highest BCUT2D eigenvalue weighted by Gasteiger charge is 2.34. The summed E-state index contributed by atoms with van der Waals surface area (Å²) < 4.78 is 5.43. The first-order chi connectivity index (χ1) is 12.0. The zero-order chi connectivity index (χ0) is 18.1. The summed E-state index contributed by atoms with van der Waals surface area (Å²) in [6.45, 7) is 3.24. The van der Waals surface area contributed by atoms with E-state index in [0.717, 1.165) is 0 Å². The number of carbonyl (C=O) groups excluding carboxylic acids is 1. The van der Waals surface area contributed by atoms with E-state index in [1.165, 1.54) is 20.2 Å². The molecule has 0 radical (unpaired) electrons. The minimum Gasteiger partial charge on any atom is -0.496 e. The lowest BCUT2D eigenvalue weighted by molar-refractivity contribution is -0.113. The lowest BCUT2D eigenvalue weighted by Gasteiger charge is -2.29. The number of Topliss-reactive ketones (excluding diaryl/α,β-unsaturated/α-hetero) is 1. The van der Waals surface area contributed by atoms with Crippen LogP contribution in [0, 0.1) is 11.3 Å². The maximum atomic E-state index is 12.5. The molecule has 0 bridgehead atoms. The van der Waals surface area contributed by atoms with E-state index >= 15 is 0 Å². The largest absolute Gasteiger partial charge is 0.496 e. The SMILES string of the molecule is COc1cc(C#N)ccc1C1C(C(C)=O)=C(C)Nc2cn[nH]c(=O)c21. The van der Waals surface area contributed by atoms with Gasteiger partial charge in [0, 0.05) is 16.8 Å². The third-order valence-electron chi connectivity index (χ3n) is 4.25. The Morgan fingerprint density at radius 3 is 2.80 bits per heavy atom. The van der Waals surface area contributed by atoms with Gasteiger partial charge in [0.15, 0.2) is 5.78 Å². The second-order valence-corrected chi connectivity index (χ2v) is 5.75. The summed E-state index contributed by atoms with van der Waals surface area (Å²) in [7, 11) is 1.49. The number of fused-ring (bicyclic) bond motifs is 1. The Balaban J connectivity index is 2.35. The lowest BCUT2D eigenvalue weighted by Crippen LogP contribution is -2.29. The number of ether oxygens (including phenoxy) is 1. The third-order valence-corrected chi connectivity index (χ3v) is 4.25. The standard InChI is InChI=1S/C18H16N4O3/c1-9-15(10(2)23)16(17-13(21-9)8-20-22-18(17)24)12-5-4-11(7-19)6-14(12)25-3/h4-6,8,16,21H,1-3H3,(H,22,24). The van der Waals surface area contributed by atoms with Crippen LogP contribution < -0.4 is 15.6 Å². The van der Waals surface area contributed by atoms with Gasteiger partial charge in [-0.15, -0.1) is 0 Å². The predicted octanol–water partition coefficient (Wildman–Crippen LogP) is 2.07. The highest BCUT2D eigenvalue weighted by Crippen LogP contribution is 2.43. The van der Waals surface area contributed by atoms with Crippen molar-refractivity contribution in [2.75, 3.05) is 12.4 Å². The van der Waals surface area contributed by atoms with Crippen LogP contribution in [0.25, 0.3) is 0 Å². The summed E-state index contributed by atoms with van der Waals surface area (Å²) in [6, 6.07) is 7.01. The number of benzene rings is 1. The maximum absolute atomic E-state index is 12.5. The van der Waals surface area contributed by atoms with E-state index in [2.05, 4.69) is 21.6 Å². The number of hydrogen-bond acceptors (Lipinski definition) is 6. The van der Waals surface area contributed by atoms with Gasteiger partial charge in [-0.3, -0.25) is 9.59 Å². The molecule has 0 fully saturated rings. The number of rotatable bonds is 3. The van der Waals surface area contributed by atoms with Gasteiger partial charge in [-0.05, 0) is 26.0 Å². The number of H-pyrrole nitrogens is 1. The number of hydrogen-bond donors (Lipinski definition) is 2. The summed E-state index contributed by atoms with van der Waals surface area (Å²) in [4.78, 5) is 24.8. The van der Waals surface area contributed by atoms with Crippen LogP contribution in [0.15, 0.2) is 40.5 Å². The van der Waals surface area contributed by atoms with Crippen molar-refractivity contribution in [3.8, 4) is 11.8 Å². The van der Waals surface area contributed by atoms with Gasteiger partial charge in [-0.1, -0.05) is 6.07 Å². The summed E-state index contributed by atoms with van der Waals surface area (Å²) in [5, 5.41) is 18.4. The number of nitrogens with one attached hydrogen (secondary N) is 2. The fourth-order valence-electron chi connectivity index (χ4n) is 3.22. The van der Waals surface area contributed by atoms with Crippen LogP contribution in [0.5, 0.6) is 5.75 Å². The molecular weight excluding hydrogens is 320 g/mol. The smallest absolute Gasteiger partial charge is 0.270 e. The molecule has 7 heteroatoms. The number of nitriles is 1. The van der Waals surface area contributed by atoms with E-state index in [4.69, 9.17) is 10.00 Å². The summed E-state index contributed by atoms with van der Waals surface area (Å²) >= 11 is 0. The molecule has 1 atom stereocenters. The minimum atomic E-state index is -0.608. The van der Waals surface area contributed by atoms with Crippen molar-refractivity contribution >= 4 is 11.5 Å². The molecule has 2 N–H and O–H groups in total. The van der Waals surface area contributed by atoms with Crippen LogP contribution >= 0.6 is 0 Å². The number of methoxy groups -OCH3 is 1. The van der Waals surface area contributed by atoms with Crippen molar-refractivity contribution < 1.29 is 9.53 Å². The monoisotopic (exact) mass is 336 g/mol. The first-order valence-electron chi connectivity index (χ1n) is 7.62. The Hall–Kier alpha value is -3.40. The van der Waals surface area contributed by atoms with Gasteiger partial charge >= 0.3 is 0 Å². The molecule has 0 aliphatic carbocycles. The Bertz CT molecular complexity index is 998. The molecule has 0 saturated heterocycles. The van der Waals surface area contributed by atoms with E-state index < -0.39 is 5.92 Å². The zero-order valence-electron chi connectivity index (χ0n) is 14.0. The van der Waals surface area contributed by atoms with Crippen molar-refractivity contribution in [2.45, 2.75) is 19.8 Å². The van der Waals surface area contributed by atoms with Crippen molar-refractivity contribution in [1.82, 2.24) is 10.2 Å². The molecule has 1 unspecified atom stereocenters. The van der Waals surface area contributed by atoms with E-state index in [1.807, 2.05) is 0 Å². The van der Waals surface area contributed by atoms with Gasteiger partial charge < -0.3 is 10.1 Å². The van der Waals surface area contributed by atoms with E-state index in [9.17, 15) is 9.59 Å². The number of anilines is 1. The first-order valence-corrected chi connectivity index (χ1v) is 7.62. The van der Waals surface area contributed by atoms with Crippen LogP contribution in [0.1, 0.15) is 36.5 Å². The quantitative estimate of drug-likeness (QED) is 0.888.